The Morgan fingerprint density at radius 2 is 1.74 bits per heavy atom. The van der Waals surface area contributed by atoms with Crippen LogP contribution in [0, 0.1) is 6.92 Å². The van der Waals surface area contributed by atoms with Crippen molar-refractivity contribution >= 4 is 43.2 Å². The number of carbonyl (C=O) groups is 2. The number of rotatable bonds is 6. The second kappa shape index (κ2) is 8.65. The van der Waals surface area contributed by atoms with Crippen LogP contribution in [0.15, 0.2) is 47.4 Å². The van der Waals surface area contributed by atoms with Gasteiger partial charge in [-0.25, -0.2) is 16.8 Å². The molecule has 10 nitrogen and oxygen atoms in total. The first-order valence-corrected chi connectivity index (χ1v) is 12.6. The molecule has 0 aliphatic carbocycles. The van der Waals surface area contributed by atoms with Gasteiger partial charge >= 0.3 is 0 Å². The molecule has 1 saturated heterocycles. The summed E-state index contributed by atoms with van der Waals surface area (Å²) in [6.07, 6.45) is 1.03. The highest BCUT2D eigenvalue weighted by molar-refractivity contribution is 7.92. The van der Waals surface area contributed by atoms with Crippen LogP contribution >= 0.6 is 0 Å². The summed E-state index contributed by atoms with van der Waals surface area (Å²) in [6.45, 7) is 1.89. The van der Waals surface area contributed by atoms with E-state index in [1.165, 1.54) is 30.3 Å². The SMILES string of the molecule is Cc1ccc(NC(=O)c2ccc(S(=O)(=O)N3CCNC(=O)C3)cc2)cc1NS(C)(=O)=O. The van der Waals surface area contributed by atoms with E-state index in [0.717, 1.165) is 10.6 Å². The molecule has 1 fully saturated rings. The van der Waals surface area contributed by atoms with Crippen LogP contribution in [-0.2, 0) is 24.8 Å². The van der Waals surface area contributed by atoms with Crippen LogP contribution in [-0.4, -0.2) is 58.8 Å². The predicted molar refractivity (Wildman–Crippen MR) is 116 cm³/mol. The van der Waals surface area contributed by atoms with Crippen LogP contribution < -0.4 is 15.4 Å². The zero-order chi connectivity index (χ0) is 22.8. The van der Waals surface area contributed by atoms with E-state index in [1.54, 1.807) is 19.1 Å². The smallest absolute Gasteiger partial charge is 0.255 e. The Morgan fingerprint density at radius 3 is 2.35 bits per heavy atom. The molecule has 12 heteroatoms. The van der Waals surface area contributed by atoms with Gasteiger partial charge < -0.3 is 10.6 Å². The summed E-state index contributed by atoms with van der Waals surface area (Å²) in [6, 6.07) is 10.1. The molecule has 0 aromatic heterocycles. The zero-order valence-electron chi connectivity index (χ0n) is 16.9. The first-order valence-electron chi connectivity index (χ1n) is 9.22. The number of anilines is 2. The molecule has 0 spiro atoms. The summed E-state index contributed by atoms with van der Waals surface area (Å²) >= 11 is 0. The van der Waals surface area contributed by atoms with Gasteiger partial charge in [0.2, 0.25) is 26.0 Å². The number of sulfonamides is 2. The Bertz CT molecular complexity index is 1220. The predicted octanol–water partition coefficient (Wildman–Crippen LogP) is 0.739. The van der Waals surface area contributed by atoms with Crippen LogP contribution in [0.25, 0.3) is 0 Å². The minimum atomic E-state index is -3.85. The number of aryl methyl sites for hydroxylation is 1. The molecule has 2 aromatic rings. The van der Waals surface area contributed by atoms with Crippen molar-refractivity contribution in [3.8, 4) is 0 Å². The molecule has 3 rings (SSSR count). The maximum atomic E-state index is 12.7. The molecule has 0 unspecified atom stereocenters. The number of amides is 2. The third-order valence-electron chi connectivity index (χ3n) is 4.55. The highest BCUT2D eigenvalue weighted by atomic mass is 32.2. The van der Waals surface area contributed by atoms with E-state index >= 15 is 0 Å². The monoisotopic (exact) mass is 466 g/mol. The van der Waals surface area contributed by atoms with Crippen molar-refractivity contribution in [3.63, 3.8) is 0 Å². The molecule has 1 aliphatic rings. The van der Waals surface area contributed by atoms with E-state index in [9.17, 15) is 26.4 Å². The van der Waals surface area contributed by atoms with Gasteiger partial charge in [0, 0.05) is 24.3 Å². The highest BCUT2D eigenvalue weighted by Gasteiger charge is 2.29. The third-order valence-corrected chi connectivity index (χ3v) is 7.00. The van der Waals surface area contributed by atoms with E-state index in [-0.39, 0.29) is 36.0 Å². The van der Waals surface area contributed by atoms with Crippen LogP contribution in [0.1, 0.15) is 15.9 Å². The molecule has 0 radical (unpaired) electrons. The van der Waals surface area contributed by atoms with Gasteiger partial charge in [-0.15, -0.1) is 0 Å². The molecular weight excluding hydrogens is 444 g/mol. The van der Waals surface area contributed by atoms with Gasteiger partial charge in [-0.05, 0) is 48.9 Å². The van der Waals surface area contributed by atoms with Gasteiger partial charge in [-0.1, -0.05) is 6.07 Å². The summed E-state index contributed by atoms with van der Waals surface area (Å²) in [5.74, 6) is -0.857. The minimum absolute atomic E-state index is 0.0197. The number of hydrogen-bond acceptors (Lipinski definition) is 6. The van der Waals surface area contributed by atoms with Crippen molar-refractivity contribution in [1.29, 1.82) is 0 Å². The van der Waals surface area contributed by atoms with E-state index in [0.29, 0.717) is 16.9 Å². The van der Waals surface area contributed by atoms with Crippen LogP contribution in [0.5, 0.6) is 0 Å². The Hall–Kier alpha value is -2.96. The van der Waals surface area contributed by atoms with Gasteiger partial charge in [-0.2, -0.15) is 4.31 Å². The second-order valence-electron chi connectivity index (χ2n) is 7.07. The fourth-order valence-electron chi connectivity index (χ4n) is 2.96. The van der Waals surface area contributed by atoms with E-state index in [1.807, 2.05) is 0 Å². The van der Waals surface area contributed by atoms with Gasteiger partial charge in [0.15, 0.2) is 0 Å². The summed E-state index contributed by atoms with van der Waals surface area (Å²) in [5.41, 5.74) is 1.61. The van der Waals surface area contributed by atoms with Crippen molar-refractivity contribution in [3.05, 3.63) is 53.6 Å². The van der Waals surface area contributed by atoms with Crippen molar-refractivity contribution < 1.29 is 26.4 Å². The number of carbonyl (C=O) groups excluding carboxylic acids is 2. The molecule has 0 bridgehead atoms. The molecule has 31 heavy (non-hydrogen) atoms. The van der Waals surface area contributed by atoms with E-state index < -0.39 is 26.0 Å². The standard InChI is InChI=1S/C19H22N4O6S2/c1-13-3-6-15(11-17(13)22-30(2,26)27)21-19(25)14-4-7-16(8-5-14)31(28,29)23-10-9-20-18(24)12-23/h3-8,11,22H,9-10,12H2,1-2H3,(H,20,24)(H,21,25). The van der Waals surface area contributed by atoms with Gasteiger partial charge in [0.1, 0.15) is 0 Å². The largest absolute Gasteiger partial charge is 0.354 e. The lowest BCUT2D eigenvalue weighted by Crippen LogP contribution is -2.49. The van der Waals surface area contributed by atoms with Gasteiger partial charge in [-0.3, -0.25) is 14.3 Å². The average molecular weight is 467 g/mol. The number of benzene rings is 2. The Labute approximate surface area is 180 Å². The first kappa shape index (κ1) is 22.7. The molecule has 3 N–H and O–H groups in total. The minimum Gasteiger partial charge on any atom is -0.354 e. The maximum Gasteiger partial charge on any atom is 0.255 e. The van der Waals surface area contributed by atoms with Crippen LogP contribution in [0.4, 0.5) is 11.4 Å². The summed E-state index contributed by atoms with van der Waals surface area (Å²) < 4.78 is 51.8. The Morgan fingerprint density at radius 1 is 1.06 bits per heavy atom. The lowest BCUT2D eigenvalue weighted by molar-refractivity contribution is -0.122. The van der Waals surface area contributed by atoms with Crippen molar-refractivity contribution in [1.82, 2.24) is 9.62 Å². The summed E-state index contributed by atoms with van der Waals surface area (Å²) in [4.78, 5) is 24.0. The number of nitrogens with zero attached hydrogens (tertiary/aromatic N) is 1. The van der Waals surface area contributed by atoms with Crippen molar-refractivity contribution in [2.45, 2.75) is 11.8 Å². The van der Waals surface area contributed by atoms with Crippen molar-refractivity contribution in [2.75, 3.05) is 35.9 Å². The Kier molecular flexibility index (Phi) is 6.34. The van der Waals surface area contributed by atoms with Crippen molar-refractivity contribution in [2.24, 2.45) is 0 Å². The summed E-state index contributed by atoms with van der Waals surface area (Å²) in [5, 5.41) is 5.22. The molecule has 2 aromatic carbocycles. The average Bonchev–Trinajstić information content (AvgIpc) is 2.69. The maximum absolute atomic E-state index is 12.7. The van der Waals surface area contributed by atoms with Crippen LogP contribution in [0.2, 0.25) is 0 Å². The quantitative estimate of drug-likeness (QED) is 0.573. The fourth-order valence-corrected chi connectivity index (χ4v) is 4.98. The zero-order valence-corrected chi connectivity index (χ0v) is 18.5. The number of hydrogen-bond donors (Lipinski definition) is 3. The normalized spacial score (nSPS) is 15.2. The van der Waals surface area contributed by atoms with E-state index in [2.05, 4.69) is 15.4 Å². The molecule has 2 amide bonds. The molecule has 1 heterocycles. The molecule has 1 aliphatic heterocycles. The van der Waals surface area contributed by atoms with Gasteiger partial charge in [0.05, 0.1) is 23.4 Å². The molecule has 0 saturated carbocycles. The second-order valence-corrected chi connectivity index (χ2v) is 10.8. The lowest BCUT2D eigenvalue weighted by Gasteiger charge is -2.25. The van der Waals surface area contributed by atoms with Gasteiger partial charge in [0.25, 0.3) is 5.91 Å². The highest BCUT2D eigenvalue weighted by Crippen LogP contribution is 2.22. The molecule has 0 atom stereocenters. The Balaban J connectivity index is 1.75. The number of nitrogens with one attached hydrogen (secondary N) is 3. The third kappa shape index (κ3) is 5.60. The van der Waals surface area contributed by atoms with Crippen LogP contribution in [0.3, 0.4) is 0 Å². The fraction of sp³-hybridized carbons (Fsp3) is 0.263. The number of piperazine rings is 1. The first-order chi connectivity index (χ1) is 14.5. The molecule has 166 valence electrons. The van der Waals surface area contributed by atoms with E-state index in [4.69, 9.17) is 0 Å². The molecular formula is C19H22N4O6S2. The lowest BCUT2D eigenvalue weighted by atomic mass is 10.1. The topological polar surface area (TPSA) is 142 Å². The summed E-state index contributed by atoms with van der Waals surface area (Å²) in [7, 11) is -7.33.